The van der Waals surface area contributed by atoms with Crippen LogP contribution in [0.4, 0.5) is 0 Å². The molecular weight excluding hydrogens is 712 g/mol. The van der Waals surface area contributed by atoms with Crippen LogP contribution < -0.4 is 6.54 Å². The fourth-order valence-electron chi connectivity index (χ4n) is 7.83. The second-order valence-corrected chi connectivity index (χ2v) is 25.0. The summed E-state index contributed by atoms with van der Waals surface area (Å²) in [6.45, 7) is 14.2. The summed E-state index contributed by atoms with van der Waals surface area (Å²) < 4.78 is 11.1. The van der Waals surface area contributed by atoms with E-state index in [4.69, 9.17) is 4.21 Å². The van der Waals surface area contributed by atoms with Gasteiger partial charge in [-0.15, -0.1) is 0 Å². The Labute approximate surface area is 294 Å². The fourth-order valence-corrected chi connectivity index (χ4v) is 18.7. The molecule has 0 N–H and O–H groups in total. The Bertz CT molecular complexity index is 2120. The van der Waals surface area contributed by atoms with Gasteiger partial charge in [-0.05, 0) is 0 Å². The van der Waals surface area contributed by atoms with E-state index in [1.807, 2.05) is 0 Å². The predicted octanol–water partition coefficient (Wildman–Crippen LogP) is 11.3. The van der Waals surface area contributed by atoms with Gasteiger partial charge in [0.25, 0.3) is 0 Å². The van der Waals surface area contributed by atoms with Crippen molar-refractivity contribution in [3.05, 3.63) is 151 Å². The van der Waals surface area contributed by atoms with Crippen molar-refractivity contribution >= 4 is 26.7 Å². The first kappa shape index (κ1) is 32.4. The zero-order chi connectivity index (χ0) is 33.1. The van der Waals surface area contributed by atoms with Crippen molar-refractivity contribution in [2.45, 2.75) is 65.2 Å². The summed E-state index contributed by atoms with van der Waals surface area (Å²) in [5.41, 5.74) is 13.9. The topological polar surface area (TPSA) is 0 Å². The second-order valence-electron chi connectivity index (χ2n) is 15.4. The zero-order valence-electron chi connectivity index (χ0n) is 28.5. The van der Waals surface area contributed by atoms with Crippen molar-refractivity contribution in [2.75, 3.05) is 0 Å². The average molecular weight is 756 g/mol. The molecule has 0 radical (unpaired) electrons. The summed E-state index contributed by atoms with van der Waals surface area (Å²) in [6.07, 6.45) is 8.90. The van der Waals surface area contributed by atoms with E-state index in [0.717, 1.165) is 17.3 Å². The number of hydrogen-bond acceptors (Lipinski definition) is 0. The van der Waals surface area contributed by atoms with Crippen molar-refractivity contribution < 1.29 is 19.8 Å². The van der Waals surface area contributed by atoms with E-state index in [9.17, 15) is 0 Å². The fraction of sp³-hybridized carbons (Fsp3) is 0.222. The summed E-state index contributed by atoms with van der Waals surface area (Å²) in [7, 11) is 0. The monoisotopic (exact) mass is 753 g/mol. The number of halogens is 1. The molecule has 5 aromatic rings. The van der Waals surface area contributed by atoms with Crippen molar-refractivity contribution in [1.29, 1.82) is 0 Å². The molecule has 0 nitrogen and oxygen atoms in total. The maximum atomic E-state index is 5.49. The Morgan fingerprint density at radius 2 is 1.30 bits per heavy atom. The van der Waals surface area contributed by atoms with Crippen LogP contribution in [0, 0.1) is 0 Å². The molecule has 47 heavy (non-hydrogen) atoms. The molecule has 0 amide bonds. The normalized spacial score (nSPS) is 15.3. The molecular formula is C45H44BrZr. The zero-order valence-corrected chi connectivity index (χ0v) is 32.6. The van der Waals surface area contributed by atoms with Crippen LogP contribution in [0.5, 0.6) is 0 Å². The van der Waals surface area contributed by atoms with Gasteiger partial charge >= 0.3 is 296 Å². The van der Waals surface area contributed by atoms with Crippen molar-refractivity contribution in [3.8, 4) is 33.4 Å². The Hall–Kier alpha value is -3.19. The standard InChI is InChI=1S/C33H33.C6H4Br.C5H5.CH2.Zr/c1-32(2,3)30-20-26-24(18-28(30)22-13-9-7-10-14-22)17-25-19-29(23-15-11-8-12-16-23)31(21-27(25)26)33(4,5)6;7-6-4-2-1-3-5-6;1-2-4-5-3-1;;/h7-16,18,20-21H,17H2,1-6H3;1-2,4-5H;1-3H,4H2;1H2;. The van der Waals surface area contributed by atoms with E-state index in [1.54, 1.807) is 6.55 Å². The van der Waals surface area contributed by atoms with Gasteiger partial charge in [-0.2, -0.15) is 0 Å². The second kappa shape index (κ2) is 12.1. The van der Waals surface area contributed by atoms with E-state index < -0.39 is 19.8 Å². The molecule has 0 bridgehead atoms. The number of benzene rings is 5. The van der Waals surface area contributed by atoms with Crippen LogP contribution in [-0.4, -0.2) is 4.21 Å². The summed E-state index contributed by atoms with van der Waals surface area (Å²) in [6, 6.07) is 38.9. The van der Waals surface area contributed by atoms with Crippen LogP contribution in [0.2, 0.25) is 0 Å². The molecule has 0 heterocycles. The first-order valence-corrected chi connectivity index (χ1v) is 23.1. The van der Waals surface area contributed by atoms with Crippen LogP contribution in [0.15, 0.2) is 129 Å². The first-order chi connectivity index (χ1) is 22.4. The average Bonchev–Trinajstić information content (AvgIpc) is 3.72. The van der Waals surface area contributed by atoms with E-state index in [1.165, 1.54) is 58.9 Å². The van der Waals surface area contributed by atoms with Gasteiger partial charge in [0.05, 0.1) is 0 Å². The number of fused-ring (bicyclic) bond motifs is 3. The summed E-state index contributed by atoms with van der Waals surface area (Å²) in [4.78, 5) is 0. The molecule has 1 atom stereocenters. The SMILES string of the molecule is [CH2]=[Zr]([C]1=CC=CC1)([c]1cccc(Br)c1)[c]1c2c(cc(C(C)(C)C)c1-c1ccccc1)-c1cc(C(C)(C)C)c(-c3ccccc3)cc1C2. The van der Waals surface area contributed by atoms with Gasteiger partial charge in [0.1, 0.15) is 0 Å². The Kier molecular flexibility index (Phi) is 8.30. The summed E-state index contributed by atoms with van der Waals surface area (Å²) in [5.74, 6) is 0. The van der Waals surface area contributed by atoms with E-state index >= 15 is 0 Å². The molecule has 0 fully saturated rings. The predicted molar refractivity (Wildman–Crippen MR) is 205 cm³/mol. The Morgan fingerprint density at radius 1 is 0.660 bits per heavy atom. The Balaban J connectivity index is 1.63. The van der Waals surface area contributed by atoms with Gasteiger partial charge in [-0.25, -0.2) is 0 Å². The number of rotatable bonds is 5. The van der Waals surface area contributed by atoms with Crippen LogP contribution in [0.3, 0.4) is 0 Å². The van der Waals surface area contributed by atoms with Crippen LogP contribution in [0.1, 0.15) is 70.2 Å². The van der Waals surface area contributed by atoms with Crippen LogP contribution in [-0.2, 0) is 37.0 Å². The van der Waals surface area contributed by atoms with Crippen molar-refractivity contribution in [2.24, 2.45) is 0 Å². The third-order valence-electron chi connectivity index (χ3n) is 10.2. The summed E-state index contributed by atoms with van der Waals surface area (Å²) in [5, 5.41) is 0. The molecule has 0 saturated heterocycles. The van der Waals surface area contributed by atoms with Gasteiger partial charge in [-0.1, -0.05) is 0 Å². The molecule has 2 heteroatoms. The number of hydrogen-bond donors (Lipinski definition) is 0. The minimum atomic E-state index is -3.84. The van der Waals surface area contributed by atoms with Crippen molar-refractivity contribution in [3.63, 3.8) is 0 Å². The number of allylic oxidation sites excluding steroid dienone is 4. The molecule has 7 rings (SSSR count). The maximum absolute atomic E-state index is 5.49. The molecule has 0 aromatic heterocycles. The minimum absolute atomic E-state index is 0.00539. The molecule has 1 unspecified atom stereocenters. The molecule has 2 aliphatic rings. The molecule has 235 valence electrons. The third kappa shape index (κ3) is 5.70. The Morgan fingerprint density at radius 3 is 1.89 bits per heavy atom. The molecule has 5 aromatic carbocycles. The summed E-state index contributed by atoms with van der Waals surface area (Å²) >= 11 is 0.0168. The molecule has 0 spiro atoms. The van der Waals surface area contributed by atoms with Crippen LogP contribution in [0.25, 0.3) is 33.4 Å². The van der Waals surface area contributed by atoms with Gasteiger partial charge in [0.2, 0.25) is 0 Å². The van der Waals surface area contributed by atoms with Crippen molar-refractivity contribution in [1.82, 2.24) is 0 Å². The molecule has 0 aliphatic heterocycles. The first-order valence-electron chi connectivity index (χ1n) is 16.8. The van der Waals surface area contributed by atoms with Gasteiger partial charge in [0.15, 0.2) is 0 Å². The van der Waals surface area contributed by atoms with E-state index in [0.29, 0.717) is 0 Å². The van der Waals surface area contributed by atoms with Crippen LogP contribution >= 0.6 is 15.9 Å². The molecule has 0 saturated carbocycles. The molecule has 2 aliphatic carbocycles. The van der Waals surface area contributed by atoms with E-state index in [-0.39, 0.29) is 10.8 Å². The quantitative estimate of drug-likeness (QED) is 0.164. The third-order valence-corrected chi connectivity index (χ3v) is 20.9. The van der Waals surface area contributed by atoms with Gasteiger partial charge in [0, 0.05) is 0 Å². The van der Waals surface area contributed by atoms with E-state index in [2.05, 4.69) is 179 Å². The van der Waals surface area contributed by atoms with Gasteiger partial charge < -0.3 is 0 Å². The van der Waals surface area contributed by atoms with Gasteiger partial charge in [-0.3, -0.25) is 0 Å².